The molecule has 0 aliphatic rings. The van der Waals surface area contributed by atoms with Gasteiger partial charge in [0, 0.05) is 6.61 Å². The Hall–Kier alpha value is -1.00. The van der Waals surface area contributed by atoms with Crippen molar-refractivity contribution in [1.82, 2.24) is 4.98 Å². The van der Waals surface area contributed by atoms with E-state index in [1.807, 2.05) is 6.92 Å². The Morgan fingerprint density at radius 1 is 1.57 bits per heavy atom. The van der Waals surface area contributed by atoms with Crippen LogP contribution in [0.4, 0.5) is 4.39 Å². The van der Waals surface area contributed by atoms with Gasteiger partial charge in [0.2, 0.25) is 0 Å². The van der Waals surface area contributed by atoms with Crippen molar-refractivity contribution in [2.24, 2.45) is 0 Å². The predicted molar refractivity (Wildman–Crippen MR) is 50.3 cm³/mol. The molecule has 1 unspecified atom stereocenters. The summed E-state index contributed by atoms with van der Waals surface area (Å²) in [6.07, 6.45) is 1.21. The monoisotopic (exact) mass is 199 g/mol. The highest BCUT2D eigenvalue weighted by molar-refractivity contribution is 5.07. The second-order valence-corrected chi connectivity index (χ2v) is 2.99. The SMILES string of the molecule is CCCOCC(O)c1ccc(F)cn1. The molecule has 1 heterocycles. The lowest BCUT2D eigenvalue weighted by molar-refractivity contribution is 0.0342. The topological polar surface area (TPSA) is 42.4 Å². The minimum Gasteiger partial charge on any atom is -0.384 e. The molecule has 1 rings (SSSR count). The second kappa shape index (κ2) is 5.67. The fourth-order valence-corrected chi connectivity index (χ4v) is 1.01. The van der Waals surface area contributed by atoms with Gasteiger partial charge in [-0.15, -0.1) is 0 Å². The minimum absolute atomic E-state index is 0.201. The molecule has 4 heteroatoms. The van der Waals surface area contributed by atoms with E-state index in [1.165, 1.54) is 12.1 Å². The highest BCUT2D eigenvalue weighted by Gasteiger charge is 2.08. The standard InChI is InChI=1S/C10H14FNO2/c1-2-5-14-7-10(13)9-4-3-8(11)6-12-9/h3-4,6,10,13H,2,5,7H2,1H3. The van der Waals surface area contributed by atoms with Gasteiger partial charge < -0.3 is 9.84 Å². The van der Waals surface area contributed by atoms with Crippen molar-refractivity contribution >= 4 is 0 Å². The van der Waals surface area contributed by atoms with E-state index in [2.05, 4.69) is 4.98 Å². The number of aliphatic hydroxyl groups is 1. The van der Waals surface area contributed by atoms with Crippen molar-refractivity contribution in [3.05, 3.63) is 29.8 Å². The maximum Gasteiger partial charge on any atom is 0.141 e. The summed E-state index contributed by atoms with van der Waals surface area (Å²) in [5.74, 6) is -0.407. The third kappa shape index (κ3) is 3.40. The zero-order valence-electron chi connectivity index (χ0n) is 8.11. The van der Waals surface area contributed by atoms with Gasteiger partial charge in [-0.25, -0.2) is 4.39 Å². The third-order valence-corrected chi connectivity index (χ3v) is 1.72. The van der Waals surface area contributed by atoms with Crippen LogP contribution < -0.4 is 0 Å². The number of halogens is 1. The van der Waals surface area contributed by atoms with E-state index in [9.17, 15) is 9.50 Å². The predicted octanol–water partition coefficient (Wildman–Crippen LogP) is 1.68. The van der Waals surface area contributed by atoms with Gasteiger partial charge >= 0.3 is 0 Å². The van der Waals surface area contributed by atoms with Crippen LogP contribution in [0.15, 0.2) is 18.3 Å². The number of nitrogens with zero attached hydrogens (tertiary/aromatic N) is 1. The van der Waals surface area contributed by atoms with Gasteiger partial charge in [0.05, 0.1) is 18.5 Å². The Morgan fingerprint density at radius 3 is 2.93 bits per heavy atom. The summed E-state index contributed by atoms with van der Waals surface area (Å²) in [6.45, 7) is 2.80. The number of hydrogen-bond donors (Lipinski definition) is 1. The molecule has 0 saturated heterocycles. The molecular formula is C10H14FNO2. The number of aromatic nitrogens is 1. The van der Waals surface area contributed by atoms with E-state index in [0.29, 0.717) is 12.3 Å². The first-order chi connectivity index (χ1) is 6.74. The molecule has 0 radical (unpaired) electrons. The number of ether oxygens (including phenoxy) is 1. The summed E-state index contributed by atoms with van der Waals surface area (Å²) in [4.78, 5) is 3.75. The zero-order chi connectivity index (χ0) is 10.4. The average molecular weight is 199 g/mol. The van der Waals surface area contributed by atoms with E-state index in [4.69, 9.17) is 4.74 Å². The van der Waals surface area contributed by atoms with Crippen LogP contribution >= 0.6 is 0 Å². The van der Waals surface area contributed by atoms with Crippen LogP contribution in [0, 0.1) is 5.82 Å². The van der Waals surface area contributed by atoms with Crippen molar-refractivity contribution in [1.29, 1.82) is 0 Å². The molecule has 0 aromatic carbocycles. The normalized spacial score (nSPS) is 12.8. The lowest BCUT2D eigenvalue weighted by Gasteiger charge is -2.09. The highest BCUT2D eigenvalue weighted by Crippen LogP contribution is 2.10. The van der Waals surface area contributed by atoms with Gasteiger partial charge in [0.25, 0.3) is 0 Å². The summed E-state index contributed by atoms with van der Waals surface area (Å²) < 4.78 is 17.6. The zero-order valence-corrected chi connectivity index (χ0v) is 8.11. The molecule has 0 aliphatic heterocycles. The van der Waals surface area contributed by atoms with E-state index >= 15 is 0 Å². The number of hydrogen-bond acceptors (Lipinski definition) is 3. The van der Waals surface area contributed by atoms with Gasteiger partial charge in [-0.05, 0) is 18.6 Å². The van der Waals surface area contributed by atoms with Crippen LogP contribution in [-0.4, -0.2) is 23.3 Å². The van der Waals surface area contributed by atoms with Crippen LogP contribution in [0.25, 0.3) is 0 Å². The second-order valence-electron chi connectivity index (χ2n) is 2.99. The lowest BCUT2D eigenvalue weighted by atomic mass is 10.2. The quantitative estimate of drug-likeness (QED) is 0.733. The molecule has 3 nitrogen and oxygen atoms in total. The van der Waals surface area contributed by atoms with Gasteiger partial charge in [0.15, 0.2) is 0 Å². The van der Waals surface area contributed by atoms with E-state index in [1.54, 1.807) is 0 Å². The molecule has 1 atom stereocenters. The van der Waals surface area contributed by atoms with Crippen molar-refractivity contribution in [2.75, 3.05) is 13.2 Å². The van der Waals surface area contributed by atoms with Crippen molar-refractivity contribution in [3.63, 3.8) is 0 Å². The largest absolute Gasteiger partial charge is 0.384 e. The molecule has 14 heavy (non-hydrogen) atoms. The molecule has 0 bridgehead atoms. The number of pyridine rings is 1. The minimum atomic E-state index is -0.776. The summed E-state index contributed by atoms with van der Waals surface area (Å²) >= 11 is 0. The Bertz CT molecular complexity index is 263. The Kier molecular flexibility index (Phi) is 4.49. The molecular weight excluding hydrogens is 185 g/mol. The Labute approximate surface area is 82.5 Å². The summed E-state index contributed by atoms with van der Waals surface area (Å²) in [5.41, 5.74) is 0.433. The van der Waals surface area contributed by atoms with Gasteiger partial charge in [-0.2, -0.15) is 0 Å². The van der Waals surface area contributed by atoms with E-state index < -0.39 is 11.9 Å². The fraction of sp³-hybridized carbons (Fsp3) is 0.500. The maximum atomic E-state index is 12.5. The van der Waals surface area contributed by atoms with Crippen LogP contribution in [-0.2, 0) is 4.74 Å². The third-order valence-electron chi connectivity index (χ3n) is 1.72. The first-order valence-electron chi connectivity index (χ1n) is 4.61. The van der Waals surface area contributed by atoms with E-state index in [-0.39, 0.29) is 6.61 Å². The van der Waals surface area contributed by atoms with Gasteiger partial charge in [-0.3, -0.25) is 4.98 Å². The van der Waals surface area contributed by atoms with Crippen LogP contribution in [0.1, 0.15) is 25.1 Å². The fourth-order valence-electron chi connectivity index (χ4n) is 1.01. The highest BCUT2D eigenvalue weighted by atomic mass is 19.1. The molecule has 0 aliphatic carbocycles. The van der Waals surface area contributed by atoms with Crippen LogP contribution in [0.3, 0.4) is 0 Å². The van der Waals surface area contributed by atoms with Gasteiger partial charge in [-0.1, -0.05) is 6.92 Å². The van der Waals surface area contributed by atoms with Crippen molar-refractivity contribution in [2.45, 2.75) is 19.4 Å². The summed E-state index contributed by atoms with van der Waals surface area (Å²) in [5, 5.41) is 9.53. The number of aliphatic hydroxyl groups excluding tert-OH is 1. The smallest absolute Gasteiger partial charge is 0.141 e. The average Bonchev–Trinajstić information content (AvgIpc) is 2.19. The molecule has 0 spiro atoms. The molecule has 1 N–H and O–H groups in total. The summed E-state index contributed by atoms with van der Waals surface area (Å²) in [6, 6.07) is 2.72. The molecule has 0 saturated carbocycles. The van der Waals surface area contributed by atoms with Crippen molar-refractivity contribution < 1.29 is 14.2 Å². The molecule has 78 valence electrons. The van der Waals surface area contributed by atoms with Gasteiger partial charge in [0.1, 0.15) is 11.9 Å². The first kappa shape index (κ1) is 11.1. The first-order valence-corrected chi connectivity index (χ1v) is 4.61. The molecule has 1 aromatic rings. The van der Waals surface area contributed by atoms with Crippen LogP contribution in [0.2, 0.25) is 0 Å². The van der Waals surface area contributed by atoms with E-state index in [0.717, 1.165) is 12.6 Å². The van der Waals surface area contributed by atoms with Crippen molar-refractivity contribution in [3.8, 4) is 0 Å². The molecule has 1 aromatic heterocycles. The molecule has 0 fully saturated rings. The molecule has 0 amide bonds. The maximum absolute atomic E-state index is 12.5. The van der Waals surface area contributed by atoms with Crippen LogP contribution in [0.5, 0.6) is 0 Å². The number of rotatable bonds is 5. The Balaban J connectivity index is 2.43. The Morgan fingerprint density at radius 2 is 2.36 bits per heavy atom. The lowest BCUT2D eigenvalue weighted by Crippen LogP contribution is -2.09. The summed E-state index contributed by atoms with van der Waals surface area (Å²) in [7, 11) is 0.